The van der Waals surface area contributed by atoms with Gasteiger partial charge in [-0.2, -0.15) is 5.82 Å². The van der Waals surface area contributed by atoms with Gasteiger partial charge in [0.25, 0.3) is 0 Å². The van der Waals surface area contributed by atoms with Gasteiger partial charge >= 0.3 is 0 Å². The Morgan fingerprint density at radius 1 is 2.00 bits per heavy atom. The van der Waals surface area contributed by atoms with Gasteiger partial charge < -0.3 is 0 Å². The van der Waals surface area contributed by atoms with E-state index in [4.69, 9.17) is 6.42 Å². The highest BCUT2D eigenvalue weighted by Gasteiger charge is 1.52. The average molecular weight is 51.9 g/mol. The third kappa shape index (κ3) is 1.62. The van der Waals surface area contributed by atoms with Crippen LogP contribution >= 0.6 is 0 Å². The van der Waals surface area contributed by atoms with Crippen LogP contribution in [0.1, 0.15) is 0 Å². The van der Waals surface area contributed by atoms with Crippen LogP contribution in [0.5, 0.6) is 0 Å². The summed E-state index contributed by atoms with van der Waals surface area (Å²) in [5.74, 6) is 2.43. The summed E-state index contributed by atoms with van der Waals surface area (Å²) in [5.41, 5.74) is 0. The Morgan fingerprint density at radius 3 is 2.25 bits per heavy atom. The summed E-state index contributed by atoms with van der Waals surface area (Å²) in [6.45, 7) is 1.94. The van der Waals surface area contributed by atoms with Gasteiger partial charge in [0.1, 0.15) is 0 Å². The van der Waals surface area contributed by atoms with Crippen molar-refractivity contribution < 1.29 is 0 Å². The van der Waals surface area contributed by atoms with E-state index < -0.39 is 0 Å². The van der Waals surface area contributed by atoms with Crippen LogP contribution in [-0.4, -0.2) is 7.28 Å². The molecule has 0 aliphatic heterocycles. The summed E-state index contributed by atoms with van der Waals surface area (Å²) < 4.78 is 0. The Bertz CT molecular complexity index is 33.0. The quantitative estimate of drug-likeness (QED) is 0.270. The van der Waals surface area contributed by atoms with E-state index in [0.717, 1.165) is 7.28 Å². The summed E-state index contributed by atoms with van der Waals surface area (Å²) in [6, 6.07) is 0. The molecule has 0 amide bonds. The first kappa shape index (κ1) is 3.62. The molecule has 0 fully saturated rings. The molecule has 0 N–H and O–H groups in total. The maximum atomic E-state index is 4.78. The maximum absolute atomic E-state index is 4.78. The fourth-order valence-electron chi connectivity index (χ4n) is 0. The van der Waals surface area contributed by atoms with Crippen molar-refractivity contribution >= 4 is 7.28 Å². The molecule has 0 rings (SSSR count). The average Bonchev–Trinajstić information content (AvgIpc) is 1.37. The zero-order chi connectivity index (χ0) is 3.41. The summed E-state index contributed by atoms with van der Waals surface area (Å²) in [5, 5.41) is 0. The Balaban J connectivity index is 2.43. The molecule has 0 unspecified atom stereocenters. The molecular formula is C3H5B. The van der Waals surface area contributed by atoms with Crippen LogP contribution in [0.15, 0.2) is 0 Å². The van der Waals surface area contributed by atoms with Gasteiger partial charge in [0.15, 0.2) is 0 Å². The third-order valence-electron chi connectivity index (χ3n) is 0.204. The summed E-state index contributed by atoms with van der Waals surface area (Å²) in [4.78, 5) is 0. The van der Waals surface area contributed by atoms with E-state index in [-0.39, 0.29) is 0 Å². The first-order valence-corrected chi connectivity index (χ1v) is 1.35. The van der Waals surface area contributed by atoms with E-state index in [0.29, 0.717) is 0 Å². The number of rotatable bonds is 0. The van der Waals surface area contributed by atoms with Crippen molar-refractivity contribution in [3.05, 3.63) is 0 Å². The molecule has 0 atom stereocenters. The summed E-state index contributed by atoms with van der Waals surface area (Å²) in [7, 11) is 0.847. The van der Waals surface area contributed by atoms with Crippen LogP contribution < -0.4 is 0 Å². The molecule has 0 radical (unpaired) electrons. The fourth-order valence-corrected chi connectivity index (χ4v) is 0. The Kier molecular flexibility index (Phi) is 2.38. The van der Waals surface area contributed by atoms with E-state index in [1.54, 1.807) is 0 Å². The number of hydrogen-bond donors (Lipinski definition) is 0. The van der Waals surface area contributed by atoms with Gasteiger partial charge in [-0.15, -0.1) is 6.42 Å². The van der Waals surface area contributed by atoms with Gasteiger partial charge in [-0.25, -0.2) is 0 Å². The lowest BCUT2D eigenvalue weighted by Crippen LogP contribution is -1.63. The lowest BCUT2D eigenvalue weighted by molar-refractivity contribution is 2.32. The van der Waals surface area contributed by atoms with Crippen molar-refractivity contribution in [3.8, 4) is 12.2 Å². The number of hydrogen-bond acceptors (Lipinski definition) is 0. The minimum Gasteiger partial charge on any atom is -0.164 e. The van der Waals surface area contributed by atoms with E-state index >= 15 is 0 Å². The van der Waals surface area contributed by atoms with Gasteiger partial charge in [0, 0.05) is 0 Å². The predicted molar refractivity (Wildman–Crippen MR) is 21.8 cm³/mol. The monoisotopic (exact) mass is 52.0 g/mol. The van der Waals surface area contributed by atoms with Crippen LogP contribution in [0.25, 0.3) is 0 Å². The maximum Gasteiger partial charge on any atom is 0.210 e. The van der Waals surface area contributed by atoms with Gasteiger partial charge in [-0.05, 0) is 0 Å². The third-order valence-corrected chi connectivity index (χ3v) is 0.204. The molecule has 0 aromatic carbocycles. The largest absolute Gasteiger partial charge is 0.210 e. The Labute approximate surface area is 27.5 Å². The standard InChI is InChI=1S/C3H5B/c1-3-4-2/h1,4H,2H3. The highest BCUT2D eigenvalue weighted by atomic mass is 13.1. The van der Waals surface area contributed by atoms with Crippen LogP contribution in [0.3, 0.4) is 0 Å². The zero-order valence-electron chi connectivity index (χ0n) is 2.78. The molecule has 0 aliphatic carbocycles. The lowest BCUT2D eigenvalue weighted by atomic mass is 9.85. The van der Waals surface area contributed by atoms with Crippen molar-refractivity contribution in [2.24, 2.45) is 0 Å². The highest BCUT2D eigenvalue weighted by Crippen LogP contribution is 1.37. The van der Waals surface area contributed by atoms with Crippen molar-refractivity contribution in [1.82, 2.24) is 0 Å². The van der Waals surface area contributed by atoms with Crippen LogP contribution in [0, 0.1) is 12.2 Å². The fraction of sp³-hybridized carbons (Fsp3) is 0.333. The molecule has 1 heteroatoms. The van der Waals surface area contributed by atoms with E-state index in [2.05, 4.69) is 5.82 Å². The van der Waals surface area contributed by atoms with Crippen molar-refractivity contribution in [2.75, 3.05) is 0 Å². The van der Waals surface area contributed by atoms with Crippen LogP contribution in [0.4, 0.5) is 0 Å². The molecular weight excluding hydrogens is 46.8 g/mol. The smallest absolute Gasteiger partial charge is 0.164 e. The first-order chi connectivity index (χ1) is 1.91. The molecule has 0 bridgehead atoms. The van der Waals surface area contributed by atoms with Gasteiger partial charge in [0.2, 0.25) is 7.28 Å². The normalized spacial score (nSPS) is 4.00. The SMILES string of the molecule is C#CBC. The molecule has 0 heterocycles. The van der Waals surface area contributed by atoms with Gasteiger partial charge in [0.05, 0.1) is 0 Å². The minimum atomic E-state index is 0.847. The van der Waals surface area contributed by atoms with Gasteiger partial charge in [-0.1, -0.05) is 6.82 Å². The number of terminal acetylenes is 1. The van der Waals surface area contributed by atoms with Crippen LogP contribution in [-0.2, 0) is 0 Å². The minimum absolute atomic E-state index is 0.847. The Hall–Kier alpha value is -0.375. The topological polar surface area (TPSA) is 0 Å². The van der Waals surface area contributed by atoms with E-state index in [9.17, 15) is 0 Å². The Morgan fingerprint density at radius 2 is 2.25 bits per heavy atom. The molecule has 0 nitrogen and oxygen atoms in total. The molecule has 0 aromatic rings. The van der Waals surface area contributed by atoms with Gasteiger partial charge in [-0.3, -0.25) is 0 Å². The lowest BCUT2D eigenvalue weighted by Gasteiger charge is -1.46. The second-order valence-electron chi connectivity index (χ2n) is 0.558. The summed E-state index contributed by atoms with van der Waals surface area (Å²) in [6.07, 6.45) is 4.78. The summed E-state index contributed by atoms with van der Waals surface area (Å²) >= 11 is 0. The second kappa shape index (κ2) is 2.62. The zero-order valence-corrected chi connectivity index (χ0v) is 2.78. The van der Waals surface area contributed by atoms with Crippen molar-refractivity contribution in [1.29, 1.82) is 0 Å². The first-order valence-electron chi connectivity index (χ1n) is 1.35. The molecule has 20 valence electrons. The predicted octanol–water partition coefficient (Wildman–Crippen LogP) is 0.0617. The highest BCUT2D eigenvalue weighted by molar-refractivity contribution is 6.44. The van der Waals surface area contributed by atoms with Crippen LogP contribution in [0.2, 0.25) is 6.82 Å². The van der Waals surface area contributed by atoms with E-state index in [1.165, 1.54) is 0 Å². The molecule has 0 spiro atoms. The van der Waals surface area contributed by atoms with Crippen molar-refractivity contribution in [2.45, 2.75) is 6.82 Å². The van der Waals surface area contributed by atoms with Crippen molar-refractivity contribution in [3.63, 3.8) is 0 Å². The molecule has 0 aromatic heterocycles. The second-order valence-corrected chi connectivity index (χ2v) is 0.558. The van der Waals surface area contributed by atoms with E-state index in [1.807, 2.05) is 6.82 Å². The molecule has 0 saturated carbocycles. The molecule has 0 aliphatic rings. The molecule has 4 heavy (non-hydrogen) atoms. The molecule has 0 saturated heterocycles.